The summed E-state index contributed by atoms with van der Waals surface area (Å²) in [6, 6.07) is 1.75. The summed E-state index contributed by atoms with van der Waals surface area (Å²) in [5.74, 6) is 0.175. The second-order valence-corrected chi connectivity index (χ2v) is 6.13. The van der Waals surface area contributed by atoms with E-state index in [1.54, 1.807) is 11.4 Å². The lowest BCUT2D eigenvalue weighted by Crippen LogP contribution is -1.99. The molecule has 0 saturated carbocycles. The van der Waals surface area contributed by atoms with E-state index in [0.717, 1.165) is 10.2 Å². The van der Waals surface area contributed by atoms with Gasteiger partial charge in [-0.1, -0.05) is 35.0 Å². The van der Waals surface area contributed by atoms with E-state index in [2.05, 4.69) is 9.97 Å². The maximum Gasteiger partial charge on any atom is 0.186 e. The number of nitriles is 1. The fourth-order valence-corrected chi connectivity index (χ4v) is 3.56. The van der Waals surface area contributed by atoms with Crippen molar-refractivity contribution in [1.29, 1.82) is 5.26 Å². The fraction of sp³-hybridized carbons (Fsp3) is 0.0909. The first-order chi connectivity index (χ1) is 9.54. The summed E-state index contributed by atoms with van der Waals surface area (Å²) in [5.41, 5.74) is 5.40. The number of carbonyl (C=O) groups is 1. The van der Waals surface area contributed by atoms with Crippen LogP contribution in [0.5, 0.6) is 0 Å². The van der Waals surface area contributed by atoms with Gasteiger partial charge in [-0.2, -0.15) is 5.26 Å². The SMILES string of the molecule is Clc1csc2ncnc(Cl)c12.N#CC1=C(N)SCC1=O. The highest BCUT2D eigenvalue weighted by atomic mass is 35.5. The van der Waals surface area contributed by atoms with Gasteiger partial charge in [0.2, 0.25) is 0 Å². The van der Waals surface area contributed by atoms with Gasteiger partial charge < -0.3 is 5.73 Å². The van der Waals surface area contributed by atoms with Crippen molar-refractivity contribution in [3.05, 3.63) is 32.5 Å². The van der Waals surface area contributed by atoms with Crippen LogP contribution in [0.2, 0.25) is 10.2 Å². The van der Waals surface area contributed by atoms with E-state index in [-0.39, 0.29) is 11.4 Å². The summed E-state index contributed by atoms with van der Waals surface area (Å²) < 4.78 is 0. The number of thiophene rings is 1. The van der Waals surface area contributed by atoms with Crippen LogP contribution in [-0.2, 0) is 4.79 Å². The van der Waals surface area contributed by atoms with Crippen molar-refractivity contribution in [1.82, 2.24) is 9.97 Å². The fourth-order valence-electron chi connectivity index (χ4n) is 1.35. The number of aromatic nitrogens is 2. The third-order valence-corrected chi connectivity index (χ3v) is 4.80. The van der Waals surface area contributed by atoms with Crippen LogP contribution < -0.4 is 5.73 Å². The van der Waals surface area contributed by atoms with E-state index >= 15 is 0 Å². The van der Waals surface area contributed by atoms with Gasteiger partial charge in [-0.05, 0) is 0 Å². The number of thioether (sulfide) groups is 1. The van der Waals surface area contributed by atoms with Crippen LogP contribution >= 0.6 is 46.3 Å². The second kappa shape index (κ2) is 6.41. The van der Waals surface area contributed by atoms with Crippen molar-refractivity contribution >= 4 is 62.3 Å². The molecular formula is C11H6Cl2N4OS2. The molecule has 2 aromatic rings. The Morgan fingerprint density at radius 2 is 2.15 bits per heavy atom. The van der Waals surface area contributed by atoms with Crippen LogP contribution in [0.25, 0.3) is 10.2 Å². The van der Waals surface area contributed by atoms with Gasteiger partial charge in [0.25, 0.3) is 0 Å². The van der Waals surface area contributed by atoms with Crippen molar-refractivity contribution in [2.45, 2.75) is 0 Å². The molecule has 0 radical (unpaired) electrons. The first-order valence-corrected chi connectivity index (χ1v) is 7.75. The number of carbonyl (C=O) groups excluding carboxylic acids is 1. The summed E-state index contributed by atoms with van der Waals surface area (Å²) in [6.07, 6.45) is 1.43. The molecular weight excluding hydrogens is 339 g/mol. The zero-order valence-electron chi connectivity index (χ0n) is 9.76. The Bertz CT molecular complexity index is 750. The molecule has 0 unspecified atom stereocenters. The zero-order chi connectivity index (χ0) is 14.7. The minimum absolute atomic E-state index is 0.125. The summed E-state index contributed by atoms with van der Waals surface area (Å²) in [7, 11) is 0. The van der Waals surface area contributed by atoms with Crippen LogP contribution in [0, 0.1) is 11.3 Å². The number of rotatable bonds is 0. The van der Waals surface area contributed by atoms with Gasteiger partial charge in [0, 0.05) is 5.38 Å². The molecule has 5 nitrogen and oxygen atoms in total. The Morgan fingerprint density at radius 1 is 1.40 bits per heavy atom. The first-order valence-electron chi connectivity index (χ1n) is 5.13. The van der Waals surface area contributed by atoms with Crippen LogP contribution in [0.15, 0.2) is 22.3 Å². The van der Waals surface area contributed by atoms with Crippen LogP contribution in [0.1, 0.15) is 0 Å². The normalized spacial score (nSPS) is 14.2. The number of nitrogens with zero attached hydrogens (tertiary/aromatic N) is 3. The van der Waals surface area contributed by atoms with Gasteiger partial charge in [-0.3, -0.25) is 4.79 Å². The molecule has 2 N–H and O–H groups in total. The molecule has 1 aliphatic rings. The first kappa shape index (κ1) is 15.1. The van der Waals surface area contributed by atoms with E-state index in [9.17, 15) is 4.79 Å². The van der Waals surface area contributed by atoms with E-state index < -0.39 is 0 Å². The lowest BCUT2D eigenvalue weighted by molar-refractivity contribution is -0.112. The van der Waals surface area contributed by atoms with E-state index in [0.29, 0.717) is 21.0 Å². The standard InChI is InChI=1S/C6H2Cl2N2S.C5H4N2OS/c7-3-1-11-6-4(3)5(8)9-2-10-6;6-1-3-4(8)2-9-5(3)7/h1-2H;2,7H2. The van der Waals surface area contributed by atoms with E-state index in [1.807, 2.05) is 0 Å². The maximum absolute atomic E-state index is 10.6. The Kier molecular flexibility index (Phi) is 4.83. The lowest BCUT2D eigenvalue weighted by atomic mass is 10.2. The number of Topliss-reactive ketones (excluding diaryl/α,β-unsaturated/α-hetero) is 1. The topological polar surface area (TPSA) is 92.7 Å². The average Bonchev–Trinajstić information content (AvgIpc) is 2.95. The minimum atomic E-state index is -0.153. The number of nitrogens with two attached hydrogens (primary N) is 1. The highest BCUT2D eigenvalue weighted by Crippen LogP contribution is 2.31. The number of hydrogen-bond donors (Lipinski definition) is 1. The monoisotopic (exact) mass is 344 g/mol. The molecule has 20 heavy (non-hydrogen) atoms. The smallest absolute Gasteiger partial charge is 0.186 e. The number of allylic oxidation sites excluding steroid dienone is 1. The Morgan fingerprint density at radius 3 is 2.65 bits per heavy atom. The average molecular weight is 345 g/mol. The molecule has 102 valence electrons. The Balaban J connectivity index is 0.000000151. The molecule has 0 aromatic carbocycles. The lowest BCUT2D eigenvalue weighted by Gasteiger charge is -1.90. The molecule has 3 heterocycles. The van der Waals surface area contributed by atoms with Gasteiger partial charge in [0.1, 0.15) is 28.0 Å². The quantitative estimate of drug-likeness (QED) is 0.738. The Labute approximate surface area is 132 Å². The molecule has 1 aliphatic heterocycles. The molecule has 2 aromatic heterocycles. The van der Waals surface area contributed by atoms with E-state index in [4.69, 9.17) is 34.2 Å². The van der Waals surface area contributed by atoms with Gasteiger partial charge in [-0.25, -0.2) is 9.97 Å². The number of fused-ring (bicyclic) bond motifs is 1. The predicted octanol–water partition coefficient (Wildman–Crippen LogP) is 2.99. The highest BCUT2D eigenvalue weighted by molar-refractivity contribution is 8.04. The highest BCUT2D eigenvalue weighted by Gasteiger charge is 2.20. The van der Waals surface area contributed by atoms with Crippen molar-refractivity contribution in [3.63, 3.8) is 0 Å². The third kappa shape index (κ3) is 3.04. The van der Waals surface area contributed by atoms with Crippen LogP contribution in [0.4, 0.5) is 0 Å². The van der Waals surface area contributed by atoms with Crippen molar-refractivity contribution in [2.24, 2.45) is 5.73 Å². The number of ketones is 1. The maximum atomic E-state index is 10.6. The minimum Gasteiger partial charge on any atom is -0.392 e. The van der Waals surface area contributed by atoms with E-state index in [1.165, 1.54) is 29.4 Å². The van der Waals surface area contributed by atoms with Crippen molar-refractivity contribution in [2.75, 3.05) is 5.75 Å². The molecule has 0 spiro atoms. The van der Waals surface area contributed by atoms with Gasteiger partial charge in [-0.15, -0.1) is 11.3 Å². The summed E-state index contributed by atoms with van der Waals surface area (Å²) in [6.45, 7) is 0. The number of hydrogen-bond acceptors (Lipinski definition) is 7. The molecule has 0 saturated heterocycles. The molecule has 9 heteroatoms. The third-order valence-electron chi connectivity index (χ3n) is 2.27. The number of halogens is 2. The summed E-state index contributed by atoms with van der Waals surface area (Å²) in [4.78, 5) is 19.3. The molecule has 0 bridgehead atoms. The zero-order valence-corrected chi connectivity index (χ0v) is 12.9. The summed E-state index contributed by atoms with van der Waals surface area (Å²) in [5, 5.41) is 12.2. The van der Waals surface area contributed by atoms with Gasteiger partial charge >= 0.3 is 0 Å². The predicted molar refractivity (Wildman–Crippen MR) is 81.7 cm³/mol. The molecule has 0 atom stereocenters. The van der Waals surface area contributed by atoms with Gasteiger partial charge in [0.15, 0.2) is 5.78 Å². The van der Waals surface area contributed by atoms with Crippen LogP contribution in [-0.4, -0.2) is 21.5 Å². The summed E-state index contributed by atoms with van der Waals surface area (Å²) >= 11 is 14.3. The molecule has 0 aliphatic carbocycles. The van der Waals surface area contributed by atoms with Crippen molar-refractivity contribution < 1.29 is 4.79 Å². The van der Waals surface area contributed by atoms with Crippen LogP contribution in [0.3, 0.4) is 0 Å². The molecule has 3 rings (SSSR count). The second-order valence-electron chi connectivity index (χ2n) is 3.49. The Hall–Kier alpha value is -1.33. The molecule has 0 fully saturated rings. The largest absolute Gasteiger partial charge is 0.392 e. The molecule has 0 amide bonds. The van der Waals surface area contributed by atoms with Gasteiger partial charge in [0.05, 0.1) is 21.2 Å². The van der Waals surface area contributed by atoms with Crippen molar-refractivity contribution in [3.8, 4) is 6.07 Å².